The first-order chi connectivity index (χ1) is 12.9. The summed E-state index contributed by atoms with van der Waals surface area (Å²) in [4.78, 5) is 0. The highest BCUT2D eigenvalue weighted by atomic mass is 35.9. The van der Waals surface area contributed by atoms with Crippen molar-refractivity contribution in [3.05, 3.63) is 53.6 Å². The number of hydrogen-bond acceptors (Lipinski definition) is 5. The summed E-state index contributed by atoms with van der Waals surface area (Å²) in [6.07, 6.45) is 0.188. The third kappa shape index (κ3) is 10.1. The molecular formula is C18H20Cl3N2O3P. The Morgan fingerprint density at radius 3 is 1.85 bits per heavy atom. The van der Waals surface area contributed by atoms with Gasteiger partial charge < -0.3 is 9.26 Å². The molecule has 2 aromatic rings. The number of nitrogens with zero attached hydrogens (tertiary/aromatic N) is 2. The van der Waals surface area contributed by atoms with Crippen LogP contribution >= 0.6 is 40.2 Å². The van der Waals surface area contributed by atoms with Crippen molar-refractivity contribution in [3.8, 4) is 5.75 Å². The Morgan fingerprint density at radius 2 is 1.30 bits per heavy atom. The molecule has 0 heterocycles. The van der Waals surface area contributed by atoms with Gasteiger partial charge in [-0.3, -0.25) is 4.57 Å². The molecule has 0 bridgehead atoms. The van der Waals surface area contributed by atoms with E-state index in [1.54, 1.807) is 24.3 Å². The van der Waals surface area contributed by atoms with Crippen LogP contribution in [-0.4, -0.2) is 13.2 Å². The number of rotatable bonds is 11. The lowest BCUT2D eigenvalue weighted by Crippen LogP contribution is -1.97. The first-order valence-electron chi connectivity index (χ1n) is 8.46. The second-order valence-corrected chi connectivity index (χ2v) is 10.4. The molecule has 2 rings (SSSR count). The molecule has 0 atom stereocenters. The van der Waals surface area contributed by atoms with Crippen molar-refractivity contribution in [2.75, 3.05) is 13.2 Å². The van der Waals surface area contributed by atoms with Crippen LogP contribution in [-0.2, 0) is 9.09 Å². The summed E-state index contributed by atoms with van der Waals surface area (Å²) in [5.74, 6) is 0.786. The molecule has 5 nitrogen and oxygen atoms in total. The summed E-state index contributed by atoms with van der Waals surface area (Å²) in [5.41, 5.74) is 1.48. The molecule has 2 aromatic carbocycles. The van der Waals surface area contributed by atoms with E-state index in [4.69, 9.17) is 43.3 Å². The maximum absolute atomic E-state index is 10.9. The van der Waals surface area contributed by atoms with E-state index < -0.39 is 6.07 Å². The van der Waals surface area contributed by atoms with Crippen LogP contribution in [0.2, 0.25) is 5.02 Å². The average molecular weight is 450 g/mol. The van der Waals surface area contributed by atoms with E-state index in [0.717, 1.165) is 42.8 Å². The first kappa shape index (κ1) is 22.2. The molecule has 0 aliphatic carbocycles. The number of ether oxygens (including phenoxy) is 1. The summed E-state index contributed by atoms with van der Waals surface area (Å²) in [6.45, 7) is 0.924. The van der Waals surface area contributed by atoms with Gasteiger partial charge in [-0.2, -0.15) is 10.2 Å². The van der Waals surface area contributed by atoms with Gasteiger partial charge >= 0.3 is 6.07 Å². The maximum Gasteiger partial charge on any atom is 0.380 e. The minimum atomic E-state index is -3.40. The van der Waals surface area contributed by atoms with Crippen LogP contribution in [0.25, 0.3) is 0 Å². The van der Waals surface area contributed by atoms with Gasteiger partial charge in [0.15, 0.2) is 0 Å². The lowest BCUT2D eigenvalue weighted by Gasteiger charge is -2.07. The summed E-state index contributed by atoms with van der Waals surface area (Å²) in [5, 5.41) is 9.00. The van der Waals surface area contributed by atoms with Crippen molar-refractivity contribution in [1.82, 2.24) is 0 Å². The normalized spacial score (nSPS) is 11.8. The molecule has 0 radical (unpaired) electrons. The number of benzene rings is 2. The molecule has 0 unspecified atom stereocenters. The Kier molecular flexibility index (Phi) is 9.60. The molecule has 0 aliphatic heterocycles. The predicted molar refractivity (Wildman–Crippen MR) is 111 cm³/mol. The van der Waals surface area contributed by atoms with E-state index in [1.807, 2.05) is 24.3 Å². The van der Waals surface area contributed by atoms with E-state index in [-0.39, 0.29) is 0 Å². The fourth-order valence-electron chi connectivity index (χ4n) is 2.15. The molecule has 0 spiro atoms. The van der Waals surface area contributed by atoms with Gasteiger partial charge in [-0.1, -0.05) is 18.0 Å². The fourth-order valence-corrected chi connectivity index (χ4v) is 3.03. The quantitative estimate of drug-likeness (QED) is 0.197. The Hall–Kier alpha value is -1.10. The molecular weight excluding hydrogens is 430 g/mol. The van der Waals surface area contributed by atoms with Gasteiger partial charge in [0, 0.05) is 5.02 Å². The van der Waals surface area contributed by atoms with Crippen molar-refractivity contribution in [1.29, 1.82) is 0 Å². The molecule has 9 heteroatoms. The van der Waals surface area contributed by atoms with E-state index in [9.17, 15) is 4.57 Å². The number of halogens is 3. The molecule has 0 fully saturated rings. The highest BCUT2D eigenvalue weighted by Crippen LogP contribution is 2.57. The Bertz CT molecular complexity index is 764. The molecule has 0 aliphatic rings. The molecule has 0 N–H and O–H groups in total. The van der Waals surface area contributed by atoms with Gasteiger partial charge in [0.05, 0.1) is 24.6 Å². The lowest BCUT2D eigenvalue weighted by molar-refractivity contribution is 0.293. The maximum atomic E-state index is 10.9. The summed E-state index contributed by atoms with van der Waals surface area (Å²) >= 11 is 16.4. The van der Waals surface area contributed by atoms with E-state index >= 15 is 0 Å². The fraction of sp³-hybridized carbons (Fsp3) is 0.333. The van der Waals surface area contributed by atoms with Gasteiger partial charge in [0.2, 0.25) is 0 Å². The topological polar surface area (TPSA) is 60.2 Å². The molecule has 0 saturated carbocycles. The number of azo groups is 1. The largest absolute Gasteiger partial charge is 0.494 e. The van der Waals surface area contributed by atoms with Crippen molar-refractivity contribution in [2.24, 2.45) is 10.2 Å². The van der Waals surface area contributed by atoms with Crippen LogP contribution in [0.15, 0.2) is 58.8 Å². The molecule has 27 heavy (non-hydrogen) atoms. The van der Waals surface area contributed by atoms with E-state index in [0.29, 0.717) is 18.2 Å². The van der Waals surface area contributed by atoms with Crippen molar-refractivity contribution in [2.45, 2.75) is 25.7 Å². The first-order valence-corrected chi connectivity index (χ1v) is 12.3. The predicted octanol–water partition coefficient (Wildman–Crippen LogP) is 8.30. The van der Waals surface area contributed by atoms with Crippen LogP contribution in [0.3, 0.4) is 0 Å². The lowest BCUT2D eigenvalue weighted by atomic mass is 10.2. The average Bonchev–Trinajstić information content (AvgIpc) is 2.63. The number of unbranched alkanes of at least 4 members (excludes halogenated alkanes) is 3. The van der Waals surface area contributed by atoms with Crippen molar-refractivity contribution < 1.29 is 13.8 Å². The highest BCUT2D eigenvalue weighted by molar-refractivity contribution is 8.05. The smallest absolute Gasteiger partial charge is 0.380 e. The minimum Gasteiger partial charge on any atom is -0.494 e. The van der Waals surface area contributed by atoms with E-state index in [1.165, 1.54) is 0 Å². The summed E-state index contributed by atoms with van der Waals surface area (Å²) in [7, 11) is 0. The van der Waals surface area contributed by atoms with Crippen molar-refractivity contribution >= 4 is 51.5 Å². The Balaban J connectivity index is 1.63. The van der Waals surface area contributed by atoms with Crippen LogP contribution in [0.4, 0.5) is 11.4 Å². The van der Waals surface area contributed by atoms with Gasteiger partial charge in [-0.15, -0.1) is 0 Å². The standard InChI is InChI=1S/C18H20Cl3N2O3P/c19-15-5-7-16(8-6-15)22-23-17-9-11-18(12-10-17)25-13-3-1-2-4-14-26-27(20,21)24/h5-12H,1-4,13-14H2. The Labute approximate surface area is 173 Å². The Morgan fingerprint density at radius 1 is 0.778 bits per heavy atom. The van der Waals surface area contributed by atoms with Gasteiger partial charge in [-0.25, -0.2) is 0 Å². The molecule has 0 amide bonds. The zero-order valence-corrected chi connectivity index (χ0v) is 17.7. The molecule has 0 aromatic heterocycles. The summed E-state index contributed by atoms with van der Waals surface area (Å²) < 4.78 is 21.4. The van der Waals surface area contributed by atoms with Crippen LogP contribution in [0.5, 0.6) is 5.75 Å². The highest BCUT2D eigenvalue weighted by Gasteiger charge is 2.12. The molecule has 146 valence electrons. The van der Waals surface area contributed by atoms with Gasteiger partial charge in [0.1, 0.15) is 5.75 Å². The third-order valence-corrected chi connectivity index (χ3v) is 4.81. The van der Waals surface area contributed by atoms with E-state index in [2.05, 4.69) is 10.2 Å². The summed E-state index contributed by atoms with van der Waals surface area (Å²) in [6, 6.07) is 14.6. The van der Waals surface area contributed by atoms with Crippen LogP contribution < -0.4 is 4.74 Å². The van der Waals surface area contributed by atoms with Crippen molar-refractivity contribution in [3.63, 3.8) is 0 Å². The van der Waals surface area contributed by atoms with Gasteiger partial charge in [0.25, 0.3) is 0 Å². The van der Waals surface area contributed by atoms with Gasteiger partial charge in [-0.05, 0) is 90.3 Å². The molecule has 0 saturated heterocycles. The zero-order chi connectivity index (χ0) is 19.5. The van der Waals surface area contributed by atoms with Crippen LogP contribution in [0, 0.1) is 0 Å². The SMILES string of the molecule is O=P(Cl)(Cl)OCCCCCCOc1ccc(N=Nc2ccc(Cl)cc2)cc1. The second kappa shape index (κ2) is 11.7. The monoisotopic (exact) mass is 448 g/mol. The van der Waals surface area contributed by atoms with Crippen LogP contribution in [0.1, 0.15) is 25.7 Å². The zero-order valence-electron chi connectivity index (χ0n) is 14.6. The minimum absolute atomic E-state index is 0.303. The third-order valence-electron chi connectivity index (χ3n) is 3.49. The number of hydrogen-bond donors (Lipinski definition) is 0. The second-order valence-electron chi connectivity index (χ2n) is 5.68.